The Morgan fingerprint density at radius 3 is 2.65 bits per heavy atom. The fraction of sp³-hybridized carbons (Fsp3) is 0.263. The lowest BCUT2D eigenvalue weighted by molar-refractivity contribution is -0.114. The van der Waals surface area contributed by atoms with E-state index in [4.69, 9.17) is 0 Å². The van der Waals surface area contributed by atoms with E-state index in [0.29, 0.717) is 12.2 Å². The minimum atomic E-state index is -0.233. The number of pyridine rings is 1. The molecule has 0 saturated carbocycles. The van der Waals surface area contributed by atoms with Gasteiger partial charge in [-0.05, 0) is 29.3 Å². The van der Waals surface area contributed by atoms with Crippen LogP contribution in [0.3, 0.4) is 0 Å². The summed E-state index contributed by atoms with van der Waals surface area (Å²) in [6, 6.07) is 13.9. The number of fused-ring (bicyclic) bond motifs is 3. The van der Waals surface area contributed by atoms with Crippen LogP contribution in [0.1, 0.15) is 26.7 Å². The lowest BCUT2D eigenvalue weighted by atomic mass is 10.0. The Kier molecular flexibility index (Phi) is 4.15. The van der Waals surface area contributed by atoms with Gasteiger partial charge in [-0.3, -0.25) is 9.59 Å². The largest absolute Gasteiger partial charge is 0.322 e. The van der Waals surface area contributed by atoms with Crippen LogP contribution in [-0.2, 0) is 11.3 Å². The van der Waals surface area contributed by atoms with Crippen molar-refractivity contribution in [2.45, 2.75) is 33.2 Å². The first kappa shape index (κ1) is 15.3. The highest BCUT2D eigenvalue weighted by molar-refractivity contribution is 6.07. The molecule has 0 aliphatic carbocycles. The van der Waals surface area contributed by atoms with Crippen molar-refractivity contribution in [3.63, 3.8) is 0 Å². The van der Waals surface area contributed by atoms with Crippen molar-refractivity contribution < 1.29 is 4.79 Å². The fourth-order valence-corrected chi connectivity index (χ4v) is 2.95. The SMILES string of the molecule is CCCCn1c(=O)c(NC(C)=O)cc2c3ccccc3ccc21. The van der Waals surface area contributed by atoms with E-state index in [1.165, 1.54) is 6.92 Å². The van der Waals surface area contributed by atoms with E-state index < -0.39 is 0 Å². The molecule has 0 fully saturated rings. The summed E-state index contributed by atoms with van der Waals surface area (Å²) in [6.07, 6.45) is 1.93. The molecular weight excluding hydrogens is 288 g/mol. The average molecular weight is 308 g/mol. The van der Waals surface area contributed by atoms with Gasteiger partial charge >= 0.3 is 0 Å². The van der Waals surface area contributed by atoms with Gasteiger partial charge < -0.3 is 9.88 Å². The highest BCUT2D eigenvalue weighted by atomic mass is 16.2. The molecule has 2 aromatic carbocycles. The van der Waals surface area contributed by atoms with Crippen LogP contribution in [-0.4, -0.2) is 10.5 Å². The molecule has 0 aliphatic heterocycles. The normalized spacial score (nSPS) is 11.0. The first-order valence-corrected chi connectivity index (χ1v) is 7.94. The van der Waals surface area contributed by atoms with Crippen molar-refractivity contribution >= 4 is 33.3 Å². The molecule has 1 N–H and O–H groups in total. The number of nitrogens with zero attached hydrogens (tertiary/aromatic N) is 1. The van der Waals surface area contributed by atoms with Gasteiger partial charge in [-0.2, -0.15) is 0 Å². The van der Waals surface area contributed by atoms with Crippen molar-refractivity contribution in [1.29, 1.82) is 0 Å². The van der Waals surface area contributed by atoms with Crippen LogP contribution in [0.15, 0.2) is 47.3 Å². The van der Waals surface area contributed by atoms with Gasteiger partial charge in [-0.25, -0.2) is 0 Å². The molecule has 0 unspecified atom stereocenters. The fourth-order valence-electron chi connectivity index (χ4n) is 2.95. The molecular formula is C19H20N2O2. The Morgan fingerprint density at radius 1 is 1.13 bits per heavy atom. The van der Waals surface area contributed by atoms with Gasteiger partial charge in [0.05, 0.1) is 5.52 Å². The molecule has 118 valence electrons. The quantitative estimate of drug-likeness (QED) is 0.743. The van der Waals surface area contributed by atoms with Gasteiger partial charge in [0, 0.05) is 18.9 Å². The number of rotatable bonds is 4. The van der Waals surface area contributed by atoms with Crippen molar-refractivity contribution in [3.8, 4) is 0 Å². The van der Waals surface area contributed by atoms with E-state index in [2.05, 4.69) is 12.2 Å². The van der Waals surface area contributed by atoms with Gasteiger partial charge in [0.25, 0.3) is 5.56 Å². The molecule has 1 amide bonds. The zero-order valence-corrected chi connectivity index (χ0v) is 13.4. The lowest BCUT2D eigenvalue weighted by Gasteiger charge is -2.14. The maximum atomic E-state index is 12.7. The van der Waals surface area contributed by atoms with Gasteiger partial charge in [0.1, 0.15) is 5.69 Å². The monoisotopic (exact) mass is 308 g/mol. The van der Waals surface area contributed by atoms with E-state index >= 15 is 0 Å². The van der Waals surface area contributed by atoms with Crippen LogP contribution in [0, 0.1) is 0 Å². The highest BCUT2D eigenvalue weighted by Gasteiger charge is 2.12. The van der Waals surface area contributed by atoms with Crippen LogP contribution in [0.4, 0.5) is 5.69 Å². The Hall–Kier alpha value is -2.62. The van der Waals surface area contributed by atoms with E-state index in [1.54, 1.807) is 10.6 Å². The zero-order valence-electron chi connectivity index (χ0n) is 13.4. The van der Waals surface area contributed by atoms with Crippen LogP contribution in [0.25, 0.3) is 21.7 Å². The predicted molar refractivity (Wildman–Crippen MR) is 94.9 cm³/mol. The summed E-state index contributed by atoms with van der Waals surface area (Å²) in [7, 11) is 0. The average Bonchev–Trinajstić information content (AvgIpc) is 2.54. The summed E-state index contributed by atoms with van der Waals surface area (Å²) in [6.45, 7) is 4.17. The van der Waals surface area contributed by atoms with Crippen LogP contribution in [0.2, 0.25) is 0 Å². The molecule has 0 radical (unpaired) electrons. The second kappa shape index (κ2) is 6.24. The summed E-state index contributed by atoms with van der Waals surface area (Å²) in [4.78, 5) is 24.1. The number of nitrogens with one attached hydrogen (secondary N) is 1. The van der Waals surface area contributed by atoms with Crippen LogP contribution >= 0.6 is 0 Å². The summed E-state index contributed by atoms with van der Waals surface area (Å²) < 4.78 is 1.77. The predicted octanol–water partition coefficient (Wildman–Crippen LogP) is 3.91. The van der Waals surface area contributed by atoms with Gasteiger partial charge in [0.2, 0.25) is 5.91 Å². The summed E-state index contributed by atoms with van der Waals surface area (Å²) in [5.74, 6) is -0.233. The molecule has 4 nitrogen and oxygen atoms in total. The van der Waals surface area contributed by atoms with Crippen molar-refractivity contribution in [3.05, 3.63) is 52.8 Å². The zero-order chi connectivity index (χ0) is 16.4. The molecule has 3 rings (SSSR count). The summed E-state index contributed by atoms with van der Waals surface area (Å²) in [5.41, 5.74) is 1.12. The molecule has 0 atom stereocenters. The number of hydrogen-bond donors (Lipinski definition) is 1. The second-order valence-corrected chi connectivity index (χ2v) is 5.77. The molecule has 23 heavy (non-hydrogen) atoms. The number of carbonyl (C=O) groups excluding carboxylic acids is 1. The van der Waals surface area contributed by atoms with Crippen LogP contribution in [0.5, 0.6) is 0 Å². The summed E-state index contributed by atoms with van der Waals surface area (Å²) >= 11 is 0. The first-order chi connectivity index (χ1) is 11.1. The van der Waals surface area contributed by atoms with Crippen molar-refractivity contribution in [1.82, 2.24) is 4.57 Å². The lowest BCUT2D eigenvalue weighted by Crippen LogP contribution is -2.25. The number of hydrogen-bond acceptors (Lipinski definition) is 2. The molecule has 0 saturated heterocycles. The molecule has 4 heteroatoms. The standard InChI is InChI=1S/C19H20N2O2/c1-3-4-11-21-18-10-9-14-7-5-6-8-15(14)16(18)12-17(19(21)23)20-13(2)22/h5-10,12H,3-4,11H2,1-2H3,(H,20,22). The Balaban J connectivity index is 2.36. The summed E-state index contributed by atoms with van der Waals surface area (Å²) in [5, 5.41) is 5.87. The van der Waals surface area contributed by atoms with E-state index in [9.17, 15) is 9.59 Å². The molecule has 3 aromatic rings. The number of anilines is 1. The minimum Gasteiger partial charge on any atom is -0.322 e. The van der Waals surface area contributed by atoms with E-state index in [0.717, 1.165) is 34.5 Å². The number of aromatic nitrogens is 1. The third-order valence-corrected chi connectivity index (χ3v) is 4.05. The van der Waals surface area contributed by atoms with E-state index in [-0.39, 0.29) is 11.5 Å². The Bertz CT molecular complexity index is 941. The van der Waals surface area contributed by atoms with E-state index in [1.807, 2.05) is 36.4 Å². The molecule has 0 aliphatic rings. The highest BCUT2D eigenvalue weighted by Crippen LogP contribution is 2.26. The third-order valence-electron chi connectivity index (χ3n) is 4.05. The number of amides is 1. The topological polar surface area (TPSA) is 51.1 Å². The maximum Gasteiger partial charge on any atom is 0.274 e. The van der Waals surface area contributed by atoms with Gasteiger partial charge in [-0.15, -0.1) is 0 Å². The molecule has 0 bridgehead atoms. The Labute approximate surface area is 134 Å². The third kappa shape index (κ3) is 2.84. The van der Waals surface area contributed by atoms with Crippen molar-refractivity contribution in [2.24, 2.45) is 0 Å². The maximum absolute atomic E-state index is 12.7. The number of benzene rings is 2. The van der Waals surface area contributed by atoms with Crippen LogP contribution < -0.4 is 10.9 Å². The number of carbonyl (C=O) groups is 1. The number of unbranched alkanes of at least 4 members (excludes halogenated alkanes) is 1. The smallest absolute Gasteiger partial charge is 0.274 e. The minimum absolute atomic E-state index is 0.142. The second-order valence-electron chi connectivity index (χ2n) is 5.77. The molecule has 1 aromatic heterocycles. The van der Waals surface area contributed by atoms with Gasteiger partial charge in [0.15, 0.2) is 0 Å². The molecule has 0 spiro atoms. The number of aryl methyl sites for hydroxylation is 1. The van der Waals surface area contributed by atoms with Crippen molar-refractivity contribution in [2.75, 3.05) is 5.32 Å². The molecule has 1 heterocycles. The Morgan fingerprint density at radius 2 is 1.91 bits per heavy atom. The van der Waals surface area contributed by atoms with Gasteiger partial charge in [-0.1, -0.05) is 43.7 Å². The first-order valence-electron chi connectivity index (χ1n) is 7.94.